The number of piperidine rings is 1. The van der Waals surface area contributed by atoms with Gasteiger partial charge < -0.3 is 9.64 Å². The summed E-state index contributed by atoms with van der Waals surface area (Å²) in [5.41, 5.74) is -0.716. The van der Waals surface area contributed by atoms with Crippen LogP contribution in [0.2, 0.25) is 0 Å². The van der Waals surface area contributed by atoms with Gasteiger partial charge >= 0.3 is 5.97 Å². The van der Waals surface area contributed by atoms with Crippen molar-refractivity contribution in [1.29, 1.82) is 0 Å². The van der Waals surface area contributed by atoms with Gasteiger partial charge in [-0.2, -0.15) is 0 Å². The number of likely N-dealkylation sites (tertiary alicyclic amines) is 1. The fraction of sp³-hybridized carbons (Fsp3) is 0.455. The molecule has 3 rings (SSSR count). The lowest BCUT2D eigenvalue weighted by Crippen LogP contribution is -2.62. The maximum absolute atomic E-state index is 13.2. The molecule has 150 valence electrons. The molecule has 0 saturated carbocycles. The van der Waals surface area contributed by atoms with Gasteiger partial charge in [0.1, 0.15) is 5.54 Å². The van der Waals surface area contributed by atoms with E-state index in [0.29, 0.717) is 31.6 Å². The number of thiophene rings is 1. The molecule has 28 heavy (non-hydrogen) atoms. The molecule has 1 aromatic carbocycles. The van der Waals surface area contributed by atoms with Crippen LogP contribution >= 0.6 is 11.3 Å². The zero-order chi connectivity index (χ0) is 22.5. The van der Waals surface area contributed by atoms with Gasteiger partial charge in [-0.1, -0.05) is 31.1 Å². The number of hydrogen-bond acceptors (Lipinski definition) is 5. The summed E-state index contributed by atoms with van der Waals surface area (Å²) in [6.45, 7) is -0.329. The molecule has 0 unspecified atom stereocenters. The average molecular weight is 404 g/mol. The second kappa shape index (κ2) is 9.34. The summed E-state index contributed by atoms with van der Waals surface area (Å²) in [7, 11) is 1.31. The van der Waals surface area contributed by atoms with E-state index in [0.717, 1.165) is 13.0 Å². The molecule has 0 spiro atoms. The second-order valence-electron chi connectivity index (χ2n) is 6.94. The van der Waals surface area contributed by atoms with E-state index in [1.807, 2.05) is 12.1 Å². The molecule has 1 aliphatic heterocycles. The van der Waals surface area contributed by atoms with Crippen LogP contribution in [-0.4, -0.2) is 49.1 Å². The number of benzene rings is 1. The molecule has 0 radical (unpaired) electrons. The van der Waals surface area contributed by atoms with Gasteiger partial charge in [-0.05, 0) is 42.8 Å². The van der Waals surface area contributed by atoms with Crippen LogP contribution in [0.15, 0.2) is 47.8 Å². The number of amides is 1. The Bertz CT molecular complexity index is 864. The van der Waals surface area contributed by atoms with E-state index < -0.39 is 30.7 Å². The zero-order valence-corrected chi connectivity index (χ0v) is 16.9. The molecule has 0 N–H and O–H groups in total. The molecule has 2 aromatic rings. The SMILES string of the molecule is [2H]C([2H])([2H])CC(=O)N(c1ccccc1)C1(C(=O)OC)CCN(CCc2cccs2)CC1. The van der Waals surface area contributed by atoms with Crippen LogP contribution < -0.4 is 4.90 Å². The van der Waals surface area contributed by atoms with Gasteiger partial charge in [-0.15, -0.1) is 11.3 Å². The van der Waals surface area contributed by atoms with Crippen LogP contribution in [0.4, 0.5) is 5.69 Å². The van der Waals surface area contributed by atoms with Gasteiger partial charge in [0.15, 0.2) is 0 Å². The van der Waals surface area contributed by atoms with Crippen molar-refractivity contribution in [2.45, 2.75) is 38.1 Å². The third kappa shape index (κ3) is 4.28. The molecule has 0 aliphatic carbocycles. The number of esters is 1. The number of rotatable bonds is 7. The van der Waals surface area contributed by atoms with Crippen molar-refractivity contribution in [3.05, 3.63) is 52.7 Å². The van der Waals surface area contributed by atoms with Gasteiger partial charge in [0.05, 0.1) is 7.11 Å². The minimum Gasteiger partial charge on any atom is -0.467 e. The number of anilines is 1. The van der Waals surface area contributed by atoms with Crippen LogP contribution in [0.5, 0.6) is 0 Å². The van der Waals surface area contributed by atoms with Gasteiger partial charge in [0.2, 0.25) is 5.91 Å². The van der Waals surface area contributed by atoms with E-state index in [9.17, 15) is 9.59 Å². The second-order valence-corrected chi connectivity index (χ2v) is 7.97. The number of methoxy groups -OCH3 is 1. The molecule has 1 aliphatic rings. The fourth-order valence-electron chi connectivity index (χ4n) is 3.86. The maximum atomic E-state index is 13.2. The Morgan fingerprint density at radius 2 is 1.96 bits per heavy atom. The number of carbonyl (C=O) groups is 2. The summed E-state index contributed by atoms with van der Waals surface area (Å²) in [4.78, 5) is 31.2. The smallest absolute Gasteiger partial charge is 0.332 e. The third-order valence-corrected chi connectivity index (χ3v) is 6.28. The van der Waals surface area contributed by atoms with Crippen LogP contribution in [0, 0.1) is 0 Å². The quantitative estimate of drug-likeness (QED) is 0.661. The molecule has 2 heterocycles. The number of hydrogen-bond donors (Lipinski definition) is 0. The molecule has 6 heteroatoms. The molecule has 5 nitrogen and oxygen atoms in total. The number of para-hydroxylation sites is 1. The van der Waals surface area contributed by atoms with Crippen molar-refractivity contribution < 1.29 is 18.4 Å². The Morgan fingerprint density at radius 3 is 2.57 bits per heavy atom. The molecule has 1 saturated heterocycles. The normalized spacial score (nSPS) is 18.5. The Kier molecular flexibility index (Phi) is 5.59. The highest BCUT2D eigenvalue weighted by Crippen LogP contribution is 2.35. The van der Waals surface area contributed by atoms with E-state index in [1.54, 1.807) is 35.6 Å². The van der Waals surface area contributed by atoms with Crippen molar-refractivity contribution in [2.24, 2.45) is 0 Å². The monoisotopic (exact) mass is 403 g/mol. The van der Waals surface area contributed by atoms with Crippen molar-refractivity contribution >= 4 is 28.9 Å². The van der Waals surface area contributed by atoms with E-state index >= 15 is 0 Å². The highest BCUT2D eigenvalue weighted by molar-refractivity contribution is 7.09. The Hall–Kier alpha value is -2.18. The van der Waals surface area contributed by atoms with E-state index in [4.69, 9.17) is 8.85 Å². The van der Waals surface area contributed by atoms with Crippen LogP contribution in [0.3, 0.4) is 0 Å². The van der Waals surface area contributed by atoms with Crippen LogP contribution in [0.1, 0.15) is 35.1 Å². The Morgan fingerprint density at radius 1 is 1.21 bits per heavy atom. The van der Waals surface area contributed by atoms with Gasteiger partial charge in [-0.25, -0.2) is 4.79 Å². The predicted octanol–water partition coefficient (Wildman–Crippen LogP) is 3.74. The number of ether oxygens (including phenoxy) is 1. The zero-order valence-electron chi connectivity index (χ0n) is 19.1. The van der Waals surface area contributed by atoms with Gasteiger partial charge in [-0.3, -0.25) is 9.69 Å². The molecule has 0 atom stereocenters. The van der Waals surface area contributed by atoms with Crippen molar-refractivity contribution in [1.82, 2.24) is 4.90 Å². The molecule has 1 amide bonds. The van der Waals surface area contributed by atoms with Crippen molar-refractivity contribution in [3.63, 3.8) is 0 Å². The topological polar surface area (TPSA) is 49.9 Å². The van der Waals surface area contributed by atoms with Crippen LogP contribution in [-0.2, 0) is 20.7 Å². The minimum atomic E-state index is -2.43. The van der Waals surface area contributed by atoms with E-state index in [-0.39, 0.29) is 0 Å². The predicted molar refractivity (Wildman–Crippen MR) is 113 cm³/mol. The summed E-state index contributed by atoms with van der Waals surface area (Å²) in [5, 5.41) is 2.06. The number of nitrogens with zero attached hydrogens (tertiary/aromatic N) is 2. The summed E-state index contributed by atoms with van der Waals surface area (Å²) >= 11 is 1.72. The highest BCUT2D eigenvalue weighted by Gasteiger charge is 2.49. The summed E-state index contributed by atoms with van der Waals surface area (Å²) in [6.07, 6.45) is 1.06. The first kappa shape index (κ1) is 16.7. The fourth-order valence-corrected chi connectivity index (χ4v) is 4.56. The minimum absolute atomic E-state index is 0.381. The highest BCUT2D eigenvalue weighted by atomic mass is 32.1. The Labute approximate surface area is 175 Å². The molecule has 1 aromatic heterocycles. The summed E-state index contributed by atoms with van der Waals surface area (Å²) < 4.78 is 27.8. The van der Waals surface area contributed by atoms with E-state index in [1.165, 1.54) is 16.9 Å². The van der Waals surface area contributed by atoms with Crippen molar-refractivity contribution in [3.8, 4) is 0 Å². The van der Waals surface area contributed by atoms with Crippen LogP contribution in [0.25, 0.3) is 0 Å². The summed E-state index contributed by atoms with van der Waals surface area (Å²) in [5.74, 6) is -1.10. The van der Waals surface area contributed by atoms with E-state index in [2.05, 4.69) is 16.3 Å². The molecule has 1 fully saturated rings. The lowest BCUT2D eigenvalue weighted by molar-refractivity contribution is -0.151. The first-order valence-corrected chi connectivity index (χ1v) is 10.3. The molecule has 0 bridgehead atoms. The first-order valence-electron chi connectivity index (χ1n) is 11.0. The largest absolute Gasteiger partial charge is 0.467 e. The molecular formula is C22H28N2O3S. The maximum Gasteiger partial charge on any atom is 0.332 e. The summed E-state index contributed by atoms with van der Waals surface area (Å²) in [6, 6.07) is 13.0. The lowest BCUT2D eigenvalue weighted by atomic mass is 9.84. The standard InChI is InChI=1S/C22H28N2O3S/c1-3-20(25)24(18-8-5-4-6-9-18)22(21(26)27-2)12-15-23(16-13-22)14-11-19-10-7-17-28-19/h4-10,17H,3,11-16H2,1-2H3/i1D3. The molecular weight excluding hydrogens is 372 g/mol. The van der Waals surface area contributed by atoms with Crippen molar-refractivity contribution in [2.75, 3.05) is 31.6 Å². The third-order valence-electron chi connectivity index (χ3n) is 5.35. The van der Waals surface area contributed by atoms with Gasteiger partial charge in [0, 0.05) is 40.7 Å². The Balaban J connectivity index is 1.85. The average Bonchev–Trinajstić information content (AvgIpc) is 3.26. The first-order chi connectivity index (χ1) is 14.7. The van der Waals surface area contributed by atoms with Gasteiger partial charge in [0.25, 0.3) is 0 Å². The number of carbonyl (C=O) groups excluding carboxylic acids is 2. The lowest BCUT2D eigenvalue weighted by Gasteiger charge is -2.46.